The molecule has 1 atom stereocenters. The number of carbonyl (C=O) groups is 2. The smallest absolute Gasteiger partial charge is 0.724 e. The van der Waals surface area contributed by atoms with Gasteiger partial charge in [0.15, 0.2) is 0 Å². The normalized spacial score (nSPS) is 18.1. The van der Waals surface area contributed by atoms with E-state index in [1.165, 1.54) is 9.47 Å². The fraction of sp³-hybridized carbons (Fsp3) is 0.667. The van der Waals surface area contributed by atoms with Crippen LogP contribution in [0.25, 0.3) is 0 Å². The summed E-state index contributed by atoms with van der Waals surface area (Å²) >= 11 is 0.878. The van der Waals surface area contributed by atoms with Gasteiger partial charge in [0.1, 0.15) is 11.6 Å². The van der Waals surface area contributed by atoms with Crippen molar-refractivity contribution in [1.29, 1.82) is 0 Å². The topological polar surface area (TPSA) is 150 Å². The zero-order chi connectivity index (χ0) is 21.6. The van der Waals surface area contributed by atoms with Gasteiger partial charge in [0.25, 0.3) is 0 Å². The average Bonchev–Trinajstić information content (AvgIpc) is 3.00. The van der Waals surface area contributed by atoms with Crippen LogP contribution in [0.2, 0.25) is 0 Å². The molecule has 0 saturated carbocycles. The summed E-state index contributed by atoms with van der Waals surface area (Å²) in [6, 6.07) is -1.59. The van der Waals surface area contributed by atoms with Gasteiger partial charge < -0.3 is 24.1 Å². The Kier molecular flexibility index (Phi) is 7.65. The zero-order valence-corrected chi connectivity index (χ0v) is 20.7. The monoisotopic (exact) mass is 472 g/mol. The molecule has 2 aliphatic heterocycles. The van der Waals surface area contributed by atoms with E-state index in [9.17, 15) is 27.4 Å². The van der Waals surface area contributed by atoms with Crippen LogP contribution in [0, 0.1) is 0 Å². The molecule has 1 fully saturated rings. The van der Waals surface area contributed by atoms with E-state index in [1.54, 1.807) is 20.8 Å². The summed E-state index contributed by atoms with van der Waals surface area (Å²) in [6.07, 6.45) is -0.116. The van der Waals surface area contributed by atoms with Gasteiger partial charge in [0.2, 0.25) is 10.4 Å². The van der Waals surface area contributed by atoms with Crippen LogP contribution in [0.5, 0.6) is 0 Å². The van der Waals surface area contributed by atoms with E-state index in [-0.39, 0.29) is 60.6 Å². The van der Waals surface area contributed by atoms with Crippen molar-refractivity contribution in [3.05, 3.63) is 20.2 Å². The minimum Gasteiger partial charge on any atom is -0.724 e. The van der Waals surface area contributed by atoms with Gasteiger partial charge in [-0.3, -0.25) is 4.79 Å². The van der Waals surface area contributed by atoms with E-state index in [1.807, 2.05) is 0 Å². The van der Waals surface area contributed by atoms with Gasteiger partial charge in [-0.2, -0.15) is 9.35 Å². The molecule has 1 unspecified atom stereocenters. The Balaban J connectivity index is 0.00000320. The Bertz CT molecular complexity index is 984. The number of amides is 3. The number of ether oxygens (including phenoxy) is 1. The Morgan fingerprint density at radius 1 is 1.33 bits per heavy atom. The van der Waals surface area contributed by atoms with Crippen molar-refractivity contribution >= 4 is 33.9 Å². The molecule has 1 saturated heterocycles. The number of hydrogen-bond acceptors (Lipinski definition) is 9. The van der Waals surface area contributed by atoms with E-state index in [4.69, 9.17) is 4.74 Å². The first-order valence-corrected chi connectivity index (χ1v) is 10.9. The number of fused-ring (bicyclic) bond motifs is 4. The molecule has 0 aromatic carbocycles. The number of rotatable bonds is 6. The van der Waals surface area contributed by atoms with Gasteiger partial charge in [0, 0.05) is 13.1 Å². The van der Waals surface area contributed by atoms with Gasteiger partial charge in [0.05, 0.1) is 23.7 Å². The van der Waals surface area contributed by atoms with Crippen molar-refractivity contribution < 1.29 is 61.1 Å². The third-order valence-corrected chi connectivity index (χ3v) is 5.67. The molecule has 3 heterocycles. The minimum absolute atomic E-state index is 0. The first kappa shape index (κ1) is 25.1. The van der Waals surface area contributed by atoms with E-state index in [0.29, 0.717) is 22.1 Å². The second-order valence-corrected chi connectivity index (χ2v) is 9.56. The van der Waals surface area contributed by atoms with Crippen molar-refractivity contribution in [3.8, 4) is 0 Å². The van der Waals surface area contributed by atoms with Crippen LogP contribution in [0.1, 0.15) is 43.8 Å². The van der Waals surface area contributed by atoms with Crippen LogP contribution in [0.3, 0.4) is 0 Å². The van der Waals surface area contributed by atoms with Crippen molar-refractivity contribution in [3.63, 3.8) is 0 Å². The molecule has 15 heteroatoms. The van der Waals surface area contributed by atoms with Crippen molar-refractivity contribution in [2.75, 3.05) is 13.1 Å². The summed E-state index contributed by atoms with van der Waals surface area (Å²) in [5, 5.41) is 3.12. The summed E-state index contributed by atoms with van der Waals surface area (Å²) in [4.78, 5) is 37.8. The Hall–Kier alpha value is -1.16. The SMILES string of the molecule is CC(C)(C)OC(=O)NCCCn1c2c(sc1=O)C1CN(C2)C(=O)N1OS(=O)(=O)[O-].[Na+]. The largest absolute Gasteiger partial charge is 1.00 e. The number of nitrogens with one attached hydrogen (secondary N) is 1. The number of hydrogen-bond donors (Lipinski definition) is 1. The molecule has 12 nitrogen and oxygen atoms in total. The molecule has 162 valence electrons. The number of urea groups is 1. The standard InChI is InChI=1S/C15H22N4O8S2.Na/c1-15(2,3)26-12(20)16-5-4-6-18-9-7-17-8-10(11(9)28-14(18)22)19(13(17)21)27-29(23,24)25;/h10H,4-8H2,1-3H3,(H,16,20)(H,23,24,25);/q;+1/p-1. The third-order valence-electron chi connectivity index (χ3n) is 4.20. The summed E-state index contributed by atoms with van der Waals surface area (Å²) < 4.78 is 43.7. The molecule has 1 aromatic rings. The van der Waals surface area contributed by atoms with Crippen molar-refractivity contribution in [1.82, 2.24) is 19.8 Å². The Morgan fingerprint density at radius 2 is 2.00 bits per heavy atom. The molecular weight excluding hydrogens is 451 g/mol. The summed E-state index contributed by atoms with van der Waals surface area (Å²) in [7, 11) is -5.13. The number of alkyl carbamates (subject to hydrolysis) is 1. The average molecular weight is 472 g/mol. The van der Waals surface area contributed by atoms with Gasteiger partial charge in [-0.05, 0) is 27.2 Å². The van der Waals surface area contributed by atoms with Crippen LogP contribution in [-0.4, -0.2) is 58.3 Å². The quantitative estimate of drug-likeness (QED) is 0.207. The molecule has 0 radical (unpaired) electrons. The van der Waals surface area contributed by atoms with Crippen LogP contribution < -0.4 is 39.7 Å². The molecule has 2 aliphatic rings. The summed E-state index contributed by atoms with van der Waals surface area (Å²) in [5.74, 6) is 0. The molecule has 3 rings (SSSR count). The number of carbonyl (C=O) groups excluding carboxylic acids is 2. The second-order valence-electron chi connectivity index (χ2n) is 7.60. The van der Waals surface area contributed by atoms with Crippen LogP contribution in [0.4, 0.5) is 9.59 Å². The van der Waals surface area contributed by atoms with Gasteiger partial charge >= 0.3 is 46.6 Å². The van der Waals surface area contributed by atoms with E-state index < -0.39 is 34.2 Å². The number of hydroxylamine groups is 2. The summed E-state index contributed by atoms with van der Waals surface area (Å²) in [6.45, 7) is 6.04. The zero-order valence-electron chi connectivity index (χ0n) is 17.0. The van der Waals surface area contributed by atoms with E-state index in [2.05, 4.69) is 9.60 Å². The maximum absolute atomic E-state index is 12.4. The van der Waals surface area contributed by atoms with E-state index >= 15 is 0 Å². The maximum atomic E-state index is 12.4. The second kappa shape index (κ2) is 9.14. The molecular formula is C15H21N4NaO8S2. The van der Waals surface area contributed by atoms with Crippen LogP contribution in [-0.2, 0) is 32.5 Å². The predicted molar refractivity (Wildman–Crippen MR) is 98.6 cm³/mol. The molecule has 3 amide bonds. The summed E-state index contributed by atoms with van der Waals surface area (Å²) in [5.41, 5.74) is -0.0459. The first-order chi connectivity index (χ1) is 13.4. The van der Waals surface area contributed by atoms with Gasteiger partial charge in [-0.1, -0.05) is 11.3 Å². The molecule has 1 N–H and O–H groups in total. The number of nitrogens with zero attached hydrogens (tertiary/aromatic N) is 3. The minimum atomic E-state index is -5.13. The molecule has 1 aromatic heterocycles. The molecule has 30 heavy (non-hydrogen) atoms. The van der Waals surface area contributed by atoms with Gasteiger partial charge in [-0.15, -0.1) is 0 Å². The predicted octanol–water partition coefficient (Wildman–Crippen LogP) is -2.49. The number of aromatic nitrogens is 1. The maximum Gasteiger partial charge on any atom is 1.00 e. The first-order valence-electron chi connectivity index (χ1n) is 8.78. The molecule has 0 aliphatic carbocycles. The number of thiazole rings is 1. The fourth-order valence-electron chi connectivity index (χ4n) is 3.16. The van der Waals surface area contributed by atoms with Crippen molar-refractivity contribution in [2.24, 2.45) is 0 Å². The van der Waals surface area contributed by atoms with Crippen LogP contribution in [0.15, 0.2) is 4.79 Å². The Morgan fingerprint density at radius 3 is 2.60 bits per heavy atom. The van der Waals surface area contributed by atoms with Gasteiger partial charge in [-0.25, -0.2) is 18.0 Å². The Labute approximate surface area is 199 Å². The third kappa shape index (κ3) is 5.75. The van der Waals surface area contributed by atoms with Crippen molar-refractivity contribution in [2.45, 2.75) is 51.9 Å². The van der Waals surface area contributed by atoms with E-state index in [0.717, 1.165) is 11.3 Å². The fourth-order valence-corrected chi connectivity index (χ4v) is 4.62. The van der Waals surface area contributed by atoms with Crippen LogP contribution >= 0.6 is 11.3 Å². The molecule has 2 bridgehead atoms. The molecule has 0 spiro atoms.